The summed E-state index contributed by atoms with van der Waals surface area (Å²) in [5.41, 5.74) is 2.16. The largest absolute Gasteiger partial charge is 0.480 e. The van der Waals surface area contributed by atoms with Gasteiger partial charge in [-0.15, -0.1) is 0 Å². The maximum Gasteiger partial charge on any atom is 0.322 e. The fourth-order valence-corrected chi connectivity index (χ4v) is 3.52. The highest BCUT2D eigenvalue weighted by Crippen LogP contribution is 2.37. The molecular formula is C24H24N2O3. The molecule has 0 spiro atoms. The monoisotopic (exact) mass is 388 g/mol. The molecule has 0 radical (unpaired) electrons. The molecule has 0 aromatic heterocycles. The first-order chi connectivity index (χ1) is 14.0. The normalized spacial score (nSPS) is 12.2. The lowest BCUT2D eigenvalue weighted by atomic mass is 9.76. The van der Waals surface area contributed by atoms with E-state index < -0.39 is 24.1 Å². The van der Waals surface area contributed by atoms with Gasteiger partial charge in [0.15, 0.2) is 0 Å². The zero-order valence-electron chi connectivity index (χ0n) is 16.2. The number of carbonyl (C=O) groups excluding carboxylic acids is 1. The number of hydrogen-bond donors (Lipinski definition) is 3. The average Bonchev–Trinajstić information content (AvgIpc) is 2.77. The van der Waals surface area contributed by atoms with Crippen molar-refractivity contribution in [2.45, 2.75) is 18.5 Å². The molecule has 0 aliphatic carbocycles. The Morgan fingerprint density at radius 1 is 0.793 bits per heavy atom. The minimum Gasteiger partial charge on any atom is -0.480 e. The highest BCUT2D eigenvalue weighted by molar-refractivity contribution is 5.85. The summed E-state index contributed by atoms with van der Waals surface area (Å²) in [4.78, 5) is 23.4. The van der Waals surface area contributed by atoms with Crippen LogP contribution in [-0.2, 0) is 15.1 Å². The fourth-order valence-electron chi connectivity index (χ4n) is 3.52. The summed E-state index contributed by atoms with van der Waals surface area (Å²) in [7, 11) is 0. The average molecular weight is 388 g/mol. The molecule has 0 unspecified atom stereocenters. The van der Waals surface area contributed by atoms with E-state index in [1.54, 1.807) is 6.92 Å². The van der Waals surface area contributed by atoms with Crippen molar-refractivity contribution >= 4 is 11.9 Å². The number of carboxylic acid groups (broad SMARTS) is 1. The van der Waals surface area contributed by atoms with Crippen LogP contribution in [0.15, 0.2) is 91.0 Å². The van der Waals surface area contributed by atoms with Crippen LogP contribution in [0.2, 0.25) is 0 Å². The number of aliphatic carboxylic acids is 1. The van der Waals surface area contributed by atoms with Gasteiger partial charge in [-0.05, 0) is 23.6 Å². The minimum absolute atomic E-state index is 0.375. The summed E-state index contributed by atoms with van der Waals surface area (Å²) < 4.78 is 0. The Bertz CT molecular complexity index is 847. The number of carboxylic acids is 1. The van der Waals surface area contributed by atoms with E-state index in [0.717, 1.165) is 16.7 Å². The van der Waals surface area contributed by atoms with E-state index in [1.807, 2.05) is 91.0 Å². The van der Waals surface area contributed by atoms with Crippen LogP contribution in [-0.4, -0.2) is 29.6 Å². The molecule has 0 saturated carbocycles. The van der Waals surface area contributed by atoms with E-state index >= 15 is 0 Å². The van der Waals surface area contributed by atoms with Crippen molar-refractivity contribution in [2.75, 3.05) is 6.54 Å². The van der Waals surface area contributed by atoms with Crippen LogP contribution in [0.5, 0.6) is 0 Å². The van der Waals surface area contributed by atoms with Crippen LogP contribution in [0.25, 0.3) is 0 Å². The lowest BCUT2D eigenvalue weighted by Crippen LogP contribution is -2.54. The van der Waals surface area contributed by atoms with Gasteiger partial charge in [-0.3, -0.25) is 14.9 Å². The summed E-state index contributed by atoms with van der Waals surface area (Å²) in [5, 5.41) is 14.8. The van der Waals surface area contributed by atoms with Crippen LogP contribution < -0.4 is 10.6 Å². The van der Waals surface area contributed by atoms with Crippen LogP contribution in [0.4, 0.5) is 0 Å². The zero-order chi connectivity index (χ0) is 20.7. The van der Waals surface area contributed by atoms with Gasteiger partial charge in [-0.1, -0.05) is 91.0 Å². The number of benzene rings is 3. The smallest absolute Gasteiger partial charge is 0.322 e. The van der Waals surface area contributed by atoms with Gasteiger partial charge in [0.1, 0.15) is 6.54 Å². The van der Waals surface area contributed by atoms with Crippen LogP contribution in [0.3, 0.4) is 0 Å². The van der Waals surface area contributed by atoms with Crippen molar-refractivity contribution in [3.8, 4) is 0 Å². The molecule has 3 N–H and O–H groups in total. The Hall–Kier alpha value is -3.44. The van der Waals surface area contributed by atoms with E-state index in [0.29, 0.717) is 0 Å². The SMILES string of the molecule is C[C@H](NC(c1ccccc1)(c1ccccc1)c1ccccc1)C(=O)NCC(=O)O. The molecule has 148 valence electrons. The molecule has 1 atom stereocenters. The molecule has 5 nitrogen and oxygen atoms in total. The first-order valence-corrected chi connectivity index (χ1v) is 9.48. The molecule has 5 heteroatoms. The molecule has 1 amide bonds. The van der Waals surface area contributed by atoms with Gasteiger partial charge in [0.25, 0.3) is 0 Å². The third-order valence-corrected chi connectivity index (χ3v) is 4.86. The highest BCUT2D eigenvalue weighted by Gasteiger charge is 2.38. The second-order valence-electron chi connectivity index (χ2n) is 6.83. The predicted molar refractivity (Wildman–Crippen MR) is 112 cm³/mol. The van der Waals surface area contributed by atoms with Gasteiger partial charge in [-0.25, -0.2) is 0 Å². The van der Waals surface area contributed by atoms with Crippen LogP contribution in [0, 0.1) is 0 Å². The van der Waals surface area contributed by atoms with Gasteiger partial charge in [-0.2, -0.15) is 0 Å². The number of amides is 1. The standard InChI is InChI=1S/C24H24N2O3/c1-18(23(29)25-17-22(27)28)26-24(19-11-5-2-6-12-19,20-13-7-3-8-14-20)21-15-9-4-10-16-21/h2-16,18,26H,17H2,1H3,(H,25,29)(H,27,28)/t18-/m0/s1. The van der Waals surface area contributed by atoms with Crippen LogP contribution in [0.1, 0.15) is 23.6 Å². The molecule has 3 rings (SSSR count). The summed E-state index contributed by atoms with van der Waals surface area (Å²) >= 11 is 0. The molecule has 0 bridgehead atoms. The zero-order valence-corrected chi connectivity index (χ0v) is 16.2. The molecular weight excluding hydrogens is 364 g/mol. The van der Waals surface area contributed by atoms with Crippen LogP contribution >= 0.6 is 0 Å². The Morgan fingerprint density at radius 3 is 1.52 bits per heavy atom. The predicted octanol–water partition coefficient (Wildman–Crippen LogP) is 3.16. The molecule has 0 fully saturated rings. The number of rotatable bonds is 8. The third kappa shape index (κ3) is 4.52. The molecule has 3 aromatic rings. The van der Waals surface area contributed by atoms with Gasteiger partial charge in [0.05, 0.1) is 11.6 Å². The minimum atomic E-state index is -1.08. The van der Waals surface area contributed by atoms with Crippen molar-refractivity contribution in [3.05, 3.63) is 108 Å². The van der Waals surface area contributed by atoms with Crippen molar-refractivity contribution < 1.29 is 14.7 Å². The Kier molecular flexibility index (Phi) is 6.42. The molecule has 0 saturated heterocycles. The summed E-state index contributed by atoms with van der Waals surface area (Å²) in [6.45, 7) is 1.32. The number of hydrogen-bond acceptors (Lipinski definition) is 3. The lowest BCUT2D eigenvalue weighted by Gasteiger charge is -2.39. The van der Waals surface area contributed by atoms with Gasteiger partial charge < -0.3 is 10.4 Å². The number of nitrogens with one attached hydrogen (secondary N) is 2. The summed E-state index contributed by atoms with van der Waals surface area (Å²) in [6.07, 6.45) is 0. The summed E-state index contributed by atoms with van der Waals surface area (Å²) in [6, 6.07) is 29.1. The van der Waals surface area contributed by atoms with Crippen molar-refractivity contribution in [2.24, 2.45) is 0 Å². The van der Waals surface area contributed by atoms with Crippen molar-refractivity contribution in [3.63, 3.8) is 0 Å². The fraction of sp³-hybridized carbons (Fsp3) is 0.167. The van der Waals surface area contributed by atoms with E-state index in [2.05, 4.69) is 10.6 Å². The Morgan fingerprint density at radius 2 is 1.17 bits per heavy atom. The number of carbonyl (C=O) groups is 2. The van der Waals surface area contributed by atoms with E-state index in [-0.39, 0.29) is 5.91 Å². The maximum absolute atomic E-state index is 12.6. The molecule has 0 aliphatic rings. The summed E-state index contributed by atoms with van der Waals surface area (Å²) in [5.74, 6) is -1.45. The van der Waals surface area contributed by atoms with Crippen molar-refractivity contribution in [1.82, 2.24) is 10.6 Å². The second kappa shape index (κ2) is 9.17. The van der Waals surface area contributed by atoms with Gasteiger partial charge in [0, 0.05) is 0 Å². The Labute approximate surface area is 170 Å². The molecule has 29 heavy (non-hydrogen) atoms. The maximum atomic E-state index is 12.6. The van der Waals surface area contributed by atoms with E-state index in [1.165, 1.54) is 0 Å². The Balaban J connectivity index is 2.12. The van der Waals surface area contributed by atoms with E-state index in [9.17, 15) is 9.59 Å². The highest BCUT2D eigenvalue weighted by atomic mass is 16.4. The third-order valence-electron chi connectivity index (χ3n) is 4.86. The topological polar surface area (TPSA) is 78.4 Å². The first-order valence-electron chi connectivity index (χ1n) is 9.48. The van der Waals surface area contributed by atoms with Crippen molar-refractivity contribution in [1.29, 1.82) is 0 Å². The second-order valence-corrected chi connectivity index (χ2v) is 6.83. The molecule has 0 aliphatic heterocycles. The van der Waals surface area contributed by atoms with Gasteiger partial charge in [0.2, 0.25) is 5.91 Å². The first kappa shape index (κ1) is 20.3. The van der Waals surface area contributed by atoms with E-state index in [4.69, 9.17) is 5.11 Å². The molecule has 3 aromatic carbocycles. The van der Waals surface area contributed by atoms with Gasteiger partial charge >= 0.3 is 5.97 Å². The quantitative estimate of drug-likeness (QED) is 0.518. The molecule has 0 heterocycles. The lowest BCUT2D eigenvalue weighted by molar-refractivity contribution is -0.138.